The SMILES string of the molecule is CCOc1ccc(C(=O)OC(C)C(=O)N2CCN(S(=O)(=O)c3ccccc3)CC2)cc1OC. The highest BCUT2D eigenvalue weighted by Crippen LogP contribution is 2.28. The molecule has 1 aliphatic rings. The molecule has 10 heteroatoms. The number of ether oxygens (including phenoxy) is 3. The molecule has 0 radical (unpaired) electrons. The molecule has 33 heavy (non-hydrogen) atoms. The lowest BCUT2D eigenvalue weighted by Crippen LogP contribution is -2.52. The number of carbonyl (C=O) groups is 2. The van der Waals surface area contributed by atoms with Gasteiger partial charge in [-0.25, -0.2) is 13.2 Å². The van der Waals surface area contributed by atoms with Crippen molar-refractivity contribution in [1.29, 1.82) is 0 Å². The first kappa shape index (κ1) is 24.5. The molecule has 0 bridgehead atoms. The third-order valence-electron chi connectivity index (χ3n) is 5.26. The summed E-state index contributed by atoms with van der Waals surface area (Å²) in [5.74, 6) is -0.148. The molecule has 2 aromatic carbocycles. The van der Waals surface area contributed by atoms with Crippen LogP contribution < -0.4 is 9.47 Å². The first-order valence-corrected chi connectivity index (χ1v) is 12.1. The predicted molar refractivity (Wildman–Crippen MR) is 121 cm³/mol. The molecule has 1 atom stereocenters. The van der Waals surface area contributed by atoms with Crippen LogP contribution in [0.15, 0.2) is 53.4 Å². The fourth-order valence-corrected chi connectivity index (χ4v) is 4.94. The molecule has 178 valence electrons. The second-order valence-electron chi connectivity index (χ2n) is 7.39. The van der Waals surface area contributed by atoms with Gasteiger partial charge in [0, 0.05) is 26.2 Å². The highest BCUT2D eigenvalue weighted by atomic mass is 32.2. The van der Waals surface area contributed by atoms with Gasteiger partial charge in [-0.2, -0.15) is 4.31 Å². The zero-order chi connectivity index (χ0) is 24.0. The number of methoxy groups -OCH3 is 1. The van der Waals surface area contributed by atoms with Gasteiger partial charge in [-0.3, -0.25) is 4.79 Å². The van der Waals surface area contributed by atoms with Crippen LogP contribution in [0.4, 0.5) is 0 Å². The van der Waals surface area contributed by atoms with E-state index in [1.807, 2.05) is 6.92 Å². The Morgan fingerprint density at radius 3 is 2.27 bits per heavy atom. The van der Waals surface area contributed by atoms with Crippen molar-refractivity contribution in [2.24, 2.45) is 0 Å². The van der Waals surface area contributed by atoms with Gasteiger partial charge in [-0.05, 0) is 44.2 Å². The number of carbonyl (C=O) groups excluding carboxylic acids is 2. The van der Waals surface area contributed by atoms with E-state index in [0.717, 1.165) is 0 Å². The van der Waals surface area contributed by atoms with Crippen molar-refractivity contribution in [2.45, 2.75) is 24.8 Å². The molecular formula is C23H28N2O7S. The van der Waals surface area contributed by atoms with E-state index in [-0.39, 0.29) is 42.5 Å². The summed E-state index contributed by atoms with van der Waals surface area (Å²) in [6.07, 6.45) is -1.02. The average molecular weight is 477 g/mol. The molecule has 1 saturated heterocycles. The van der Waals surface area contributed by atoms with E-state index in [4.69, 9.17) is 14.2 Å². The maximum Gasteiger partial charge on any atom is 0.339 e. The largest absolute Gasteiger partial charge is 0.493 e. The van der Waals surface area contributed by atoms with Crippen LogP contribution in [-0.4, -0.2) is 75.5 Å². The topological polar surface area (TPSA) is 102 Å². The quantitative estimate of drug-likeness (QED) is 0.538. The Labute approximate surface area is 193 Å². The van der Waals surface area contributed by atoms with Crippen LogP contribution in [-0.2, 0) is 19.6 Å². The maximum atomic E-state index is 12.8. The molecule has 2 aromatic rings. The smallest absolute Gasteiger partial charge is 0.339 e. The average Bonchev–Trinajstić information content (AvgIpc) is 2.84. The number of piperazine rings is 1. The van der Waals surface area contributed by atoms with E-state index in [1.54, 1.807) is 42.5 Å². The van der Waals surface area contributed by atoms with Crippen LogP contribution in [0.1, 0.15) is 24.2 Å². The Hall–Kier alpha value is -3.11. The molecule has 0 aliphatic carbocycles. The predicted octanol–water partition coefficient (Wildman–Crippen LogP) is 2.17. The monoisotopic (exact) mass is 476 g/mol. The summed E-state index contributed by atoms with van der Waals surface area (Å²) in [6.45, 7) is 4.54. The maximum absolute atomic E-state index is 12.8. The zero-order valence-electron chi connectivity index (χ0n) is 18.9. The second-order valence-corrected chi connectivity index (χ2v) is 9.33. The molecule has 0 saturated carbocycles. The lowest BCUT2D eigenvalue weighted by molar-refractivity contribution is -0.141. The normalized spacial score (nSPS) is 15.5. The van der Waals surface area contributed by atoms with E-state index in [1.165, 1.54) is 29.3 Å². The minimum atomic E-state index is -3.61. The van der Waals surface area contributed by atoms with Crippen LogP contribution in [0.25, 0.3) is 0 Å². The number of hydrogen-bond donors (Lipinski definition) is 0. The molecule has 0 spiro atoms. The lowest BCUT2D eigenvalue weighted by Gasteiger charge is -2.35. The van der Waals surface area contributed by atoms with Crippen LogP contribution in [0.2, 0.25) is 0 Å². The number of nitrogens with zero attached hydrogens (tertiary/aromatic N) is 2. The van der Waals surface area contributed by atoms with Gasteiger partial charge in [-0.15, -0.1) is 0 Å². The minimum Gasteiger partial charge on any atom is -0.493 e. The second kappa shape index (κ2) is 10.7. The van der Waals surface area contributed by atoms with Crippen molar-refractivity contribution in [2.75, 3.05) is 39.9 Å². The van der Waals surface area contributed by atoms with Crippen molar-refractivity contribution >= 4 is 21.9 Å². The third-order valence-corrected chi connectivity index (χ3v) is 7.17. The molecule has 9 nitrogen and oxygen atoms in total. The molecule has 1 aliphatic heterocycles. The van der Waals surface area contributed by atoms with Crippen LogP contribution in [0.3, 0.4) is 0 Å². The highest BCUT2D eigenvalue weighted by Gasteiger charge is 2.32. The Kier molecular flexibility index (Phi) is 7.93. The van der Waals surface area contributed by atoms with E-state index in [2.05, 4.69) is 0 Å². The summed E-state index contributed by atoms with van der Waals surface area (Å²) >= 11 is 0. The van der Waals surface area contributed by atoms with Gasteiger partial charge in [0.05, 0.1) is 24.2 Å². The van der Waals surface area contributed by atoms with E-state index < -0.39 is 22.1 Å². The summed E-state index contributed by atoms with van der Waals surface area (Å²) in [5, 5.41) is 0. The summed E-state index contributed by atoms with van der Waals surface area (Å²) in [5.41, 5.74) is 0.230. The fraction of sp³-hybridized carbons (Fsp3) is 0.391. The van der Waals surface area contributed by atoms with Gasteiger partial charge >= 0.3 is 5.97 Å². The lowest BCUT2D eigenvalue weighted by atomic mass is 10.2. The van der Waals surface area contributed by atoms with Crippen molar-refractivity contribution in [1.82, 2.24) is 9.21 Å². The van der Waals surface area contributed by atoms with E-state index in [0.29, 0.717) is 18.1 Å². The molecule has 1 unspecified atom stereocenters. The third kappa shape index (κ3) is 5.63. The Balaban J connectivity index is 1.58. The Bertz CT molecular complexity index is 1080. The molecular weight excluding hydrogens is 448 g/mol. The van der Waals surface area contributed by atoms with Crippen molar-refractivity contribution < 1.29 is 32.2 Å². The van der Waals surface area contributed by atoms with E-state index >= 15 is 0 Å². The molecule has 1 amide bonds. The Morgan fingerprint density at radius 2 is 1.67 bits per heavy atom. The van der Waals surface area contributed by atoms with Crippen molar-refractivity contribution in [3.8, 4) is 11.5 Å². The number of rotatable bonds is 8. The fourth-order valence-electron chi connectivity index (χ4n) is 3.50. The molecule has 1 heterocycles. The van der Waals surface area contributed by atoms with Crippen molar-refractivity contribution in [3.63, 3.8) is 0 Å². The highest BCUT2D eigenvalue weighted by molar-refractivity contribution is 7.89. The molecule has 3 rings (SSSR count). The zero-order valence-corrected chi connectivity index (χ0v) is 19.7. The summed E-state index contributed by atoms with van der Waals surface area (Å²) in [6, 6.07) is 12.8. The minimum absolute atomic E-state index is 0.166. The van der Waals surface area contributed by atoms with Crippen LogP contribution in [0, 0.1) is 0 Å². The number of esters is 1. The first-order valence-electron chi connectivity index (χ1n) is 10.6. The molecule has 0 aromatic heterocycles. The summed E-state index contributed by atoms with van der Waals surface area (Å²) in [7, 11) is -2.14. The van der Waals surface area contributed by atoms with Gasteiger partial charge in [0.25, 0.3) is 5.91 Å². The molecule has 0 N–H and O–H groups in total. The van der Waals surface area contributed by atoms with Crippen molar-refractivity contribution in [3.05, 3.63) is 54.1 Å². The standard InChI is InChI=1S/C23H28N2O7S/c1-4-31-20-11-10-18(16-21(20)30-3)23(27)32-17(2)22(26)24-12-14-25(15-13-24)33(28,29)19-8-6-5-7-9-19/h5-11,16-17H,4,12-15H2,1-3H3. The van der Waals surface area contributed by atoms with Gasteiger partial charge in [0.2, 0.25) is 10.0 Å². The summed E-state index contributed by atoms with van der Waals surface area (Å²) < 4.78 is 42.9. The Morgan fingerprint density at radius 1 is 1.00 bits per heavy atom. The summed E-state index contributed by atoms with van der Waals surface area (Å²) in [4.78, 5) is 27.1. The first-order chi connectivity index (χ1) is 15.8. The molecule has 1 fully saturated rings. The number of sulfonamides is 1. The van der Waals surface area contributed by atoms with Gasteiger partial charge in [0.15, 0.2) is 17.6 Å². The van der Waals surface area contributed by atoms with Gasteiger partial charge in [-0.1, -0.05) is 18.2 Å². The van der Waals surface area contributed by atoms with Crippen LogP contribution >= 0.6 is 0 Å². The number of benzene rings is 2. The van der Waals surface area contributed by atoms with Gasteiger partial charge < -0.3 is 19.1 Å². The number of hydrogen-bond acceptors (Lipinski definition) is 7. The number of amides is 1. The van der Waals surface area contributed by atoms with Gasteiger partial charge in [0.1, 0.15) is 0 Å². The van der Waals surface area contributed by atoms with E-state index in [9.17, 15) is 18.0 Å². The van der Waals surface area contributed by atoms with Crippen LogP contribution in [0.5, 0.6) is 11.5 Å².